The van der Waals surface area contributed by atoms with Gasteiger partial charge in [0, 0.05) is 17.6 Å². The summed E-state index contributed by atoms with van der Waals surface area (Å²) >= 11 is 0. The molecule has 3 rings (SSSR count). The molecular formula is C22H24N4O. The highest BCUT2D eigenvalue weighted by atomic mass is 16.1. The maximum absolute atomic E-state index is 12.5. The van der Waals surface area contributed by atoms with Crippen molar-refractivity contribution in [2.45, 2.75) is 33.1 Å². The molecule has 138 valence electrons. The largest absolute Gasteiger partial charge is 0.324 e. The number of carbonyl (C=O) groups excluding carboxylic acids is 1. The second kappa shape index (κ2) is 7.58. The number of amides is 1. The van der Waals surface area contributed by atoms with Crippen LogP contribution in [0.25, 0.3) is 0 Å². The van der Waals surface area contributed by atoms with Gasteiger partial charge in [0.1, 0.15) is 5.69 Å². The van der Waals surface area contributed by atoms with Crippen LogP contribution in [0, 0.1) is 6.92 Å². The van der Waals surface area contributed by atoms with Crippen LogP contribution in [0.3, 0.4) is 0 Å². The lowest BCUT2D eigenvalue weighted by molar-refractivity contribution is 0.102. The normalized spacial score (nSPS) is 11.1. The molecular weight excluding hydrogens is 336 g/mol. The van der Waals surface area contributed by atoms with Gasteiger partial charge in [-0.3, -0.25) is 4.79 Å². The van der Waals surface area contributed by atoms with Crippen LogP contribution in [0.1, 0.15) is 42.4 Å². The maximum Gasteiger partial charge on any atom is 0.274 e. The zero-order valence-electron chi connectivity index (χ0n) is 16.1. The van der Waals surface area contributed by atoms with Crippen molar-refractivity contribution < 1.29 is 4.79 Å². The zero-order valence-corrected chi connectivity index (χ0v) is 16.1. The Hall–Kier alpha value is -3.21. The average Bonchev–Trinajstić information content (AvgIpc) is 2.62. The zero-order chi connectivity index (χ0) is 19.4. The molecule has 5 nitrogen and oxygen atoms in total. The molecule has 3 aromatic rings. The second-order valence-electron chi connectivity index (χ2n) is 7.54. The minimum absolute atomic E-state index is 0.0750. The van der Waals surface area contributed by atoms with E-state index in [-0.39, 0.29) is 11.3 Å². The molecule has 1 heterocycles. The minimum atomic E-state index is -0.270. The van der Waals surface area contributed by atoms with E-state index >= 15 is 0 Å². The molecule has 0 aliphatic heterocycles. The number of benzene rings is 2. The maximum atomic E-state index is 12.5. The van der Waals surface area contributed by atoms with Crippen molar-refractivity contribution in [3.05, 3.63) is 77.6 Å². The van der Waals surface area contributed by atoms with E-state index in [0.29, 0.717) is 11.6 Å². The molecule has 1 amide bonds. The highest BCUT2D eigenvalue weighted by Crippen LogP contribution is 2.23. The Labute approximate surface area is 159 Å². The number of anilines is 3. The van der Waals surface area contributed by atoms with Gasteiger partial charge in [-0.1, -0.05) is 45.0 Å². The molecule has 0 unspecified atom stereocenters. The first kappa shape index (κ1) is 18.6. The summed E-state index contributed by atoms with van der Waals surface area (Å²) in [6.45, 7) is 8.49. The van der Waals surface area contributed by atoms with E-state index in [1.807, 2.05) is 55.5 Å². The molecule has 0 bridgehead atoms. The Bertz CT molecular complexity index is 943. The lowest BCUT2D eigenvalue weighted by Crippen LogP contribution is -2.15. The number of rotatable bonds is 4. The van der Waals surface area contributed by atoms with E-state index in [4.69, 9.17) is 0 Å². The molecule has 0 aliphatic rings. The van der Waals surface area contributed by atoms with Crippen molar-refractivity contribution >= 4 is 23.2 Å². The molecule has 2 N–H and O–H groups in total. The molecule has 27 heavy (non-hydrogen) atoms. The van der Waals surface area contributed by atoms with Gasteiger partial charge in [-0.25, -0.2) is 9.97 Å². The van der Waals surface area contributed by atoms with Crippen LogP contribution in [0.2, 0.25) is 0 Å². The van der Waals surface area contributed by atoms with Crippen LogP contribution >= 0.6 is 0 Å². The summed E-state index contributed by atoms with van der Waals surface area (Å²) in [6.07, 6.45) is 1.57. The molecule has 0 atom stereocenters. The molecule has 0 saturated heterocycles. The summed E-state index contributed by atoms with van der Waals surface area (Å²) in [7, 11) is 0. The van der Waals surface area contributed by atoms with E-state index in [1.54, 1.807) is 12.3 Å². The fraction of sp³-hybridized carbons (Fsp3) is 0.227. The van der Waals surface area contributed by atoms with Crippen molar-refractivity contribution in [3.63, 3.8) is 0 Å². The van der Waals surface area contributed by atoms with E-state index in [0.717, 1.165) is 16.9 Å². The predicted molar refractivity (Wildman–Crippen MR) is 110 cm³/mol. The standard InChI is InChI=1S/C22H24N4O/c1-15-6-5-7-18(14-15)25-21-23-13-12-19(26-21)20(27)24-17-10-8-16(9-11-17)22(2,3)4/h5-14H,1-4H3,(H,24,27)(H,23,25,26). The first-order chi connectivity index (χ1) is 12.8. The van der Waals surface area contributed by atoms with Crippen LogP contribution in [0.5, 0.6) is 0 Å². The summed E-state index contributed by atoms with van der Waals surface area (Å²) < 4.78 is 0. The molecule has 1 aromatic heterocycles. The van der Waals surface area contributed by atoms with Crippen LogP contribution in [0.4, 0.5) is 17.3 Å². The Morgan fingerprint density at radius 3 is 2.37 bits per heavy atom. The molecule has 0 fully saturated rings. The van der Waals surface area contributed by atoms with Gasteiger partial charge < -0.3 is 10.6 Å². The predicted octanol–water partition coefficient (Wildman–Crippen LogP) is 5.08. The fourth-order valence-corrected chi connectivity index (χ4v) is 2.65. The van der Waals surface area contributed by atoms with Gasteiger partial charge in [0.05, 0.1) is 0 Å². The van der Waals surface area contributed by atoms with Gasteiger partial charge in [-0.2, -0.15) is 0 Å². The number of nitrogens with one attached hydrogen (secondary N) is 2. The number of hydrogen-bond donors (Lipinski definition) is 2. The van der Waals surface area contributed by atoms with Crippen LogP contribution < -0.4 is 10.6 Å². The third kappa shape index (κ3) is 4.91. The highest BCUT2D eigenvalue weighted by Gasteiger charge is 2.14. The first-order valence-electron chi connectivity index (χ1n) is 8.90. The molecule has 0 radical (unpaired) electrons. The van der Waals surface area contributed by atoms with E-state index in [2.05, 4.69) is 41.4 Å². The van der Waals surface area contributed by atoms with Gasteiger partial charge in [0.15, 0.2) is 0 Å². The Kier molecular flexibility index (Phi) is 5.21. The topological polar surface area (TPSA) is 66.9 Å². The summed E-state index contributed by atoms with van der Waals surface area (Å²) in [5.74, 6) is 0.115. The number of carbonyl (C=O) groups is 1. The van der Waals surface area contributed by atoms with Crippen molar-refractivity contribution in [2.24, 2.45) is 0 Å². The molecule has 0 aliphatic carbocycles. The number of aryl methyl sites for hydroxylation is 1. The van der Waals surface area contributed by atoms with Gasteiger partial charge in [-0.05, 0) is 53.8 Å². The van der Waals surface area contributed by atoms with E-state index in [1.165, 1.54) is 5.56 Å². The first-order valence-corrected chi connectivity index (χ1v) is 8.90. The van der Waals surface area contributed by atoms with Gasteiger partial charge in [0.2, 0.25) is 5.95 Å². The smallest absolute Gasteiger partial charge is 0.274 e. The summed E-state index contributed by atoms with van der Waals surface area (Å²) in [5.41, 5.74) is 4.34. The van der Waals surface area contributed by atoms with Crippen LogP contribution in [0.15, 0.2) is 60.8 Å². The monoisotopic (exact) mass is 360 g/mol. The van der Waals surface area contributed by atoms with E-state index in [9.17, 15) is 4.79 Å². The average molecular weight is 360 g/mol. The Morgan fingerprint density at radius 1 is 0.963 bits per heavy atom. The molecule has 0 spiro atoms. The number of hydrogen-bond acceptors (Lipinski definition) is 4. The minimum Gasteiger partial charge on any atom is -0.324 e. The lowest BCUT2D eigenvalue weighted by atomic mass is 9.87. The van der Waals surface area contributed by atoms with E-state index < -0.39 is 0 Å². The van der Waals surface area contributed by atoms with Crippen molar-refractivity contribution in [1.29, 1.82) is 0 Å². The molecule has 0 saturated carbocycles. The van der Waals surface area contributed by atoms with Crippen molar-refractivity contribution in [2.75, 3.05) is 10.6 Å². The fourth-order valence-electron chi connectivity index (χ4n) is 2.65. The Morgan fingerprint density at radius 2 is 1.70 bits per heavy atom. The van der Waals surface area contributed by atoms with Crippen LogP contribution in [-0.4, -0.2) is 15.9 Å². The lowest BCUT2D eigenvalue weighted by Gasteiger charge is -2.19. The third-order valence-corrected chi connectivity index (χ3v) is 4.17. The Balaban J connectivity index is 1.72. The summed E-state index contributed by atoms with van der Waals surface area (Å²) in [5, 5.41) is 6.01. The number of aromatic nitrogens is 2. The van der Waals surface area contributed by atoms with Crippen LogP contribution in [-0.2, 0) is 5.41 Å². The SMILES string of the molecule is Cc1cccc(Nc2nccc(C(=O)Nc3ccc(C(C)(C)C)cc3)n2)c1. The van der Waals surface area contributed by atoms with Gasteiger partial charge in [-0.15, -0.1) is 0 Å². The quantitative estimate of drug-likeness (QED) is 0.681. The second-order valence-corrected chi connectivity index (χ2v) is 7.54. The highest BCUT2D eigenvalue weighted by molar-refractivity contribution is 6.03. The summed E-state index contributed by atoms with van der Waals surface area (Å²) in [4.78, 5) is 21.0. The third-order valence-electron chi connectivity index (χ3n) is 4.17. The summed E-state index contributed by atoms with van der Waals surface area (Å²) in [6, 6.07) is 17.4. The van der Waals surface area contributed by atoms with Crippen molar-refractivity contribution in [1.82, 2.24) is 9.97 Å². The molecule has 2 aromatic carbocycles. The molecule has 5 heteroatoms. The van der Waals surface area contributed by atoms with Crippen molar-refractivity contribution in [3.8, 4) is 0 Å². The number of nitrogens with zero attached hydrogens (tertiary/aromatic N) is 2. The van der Waals surface area contributed by atoms with Gasteiger partial charge in [0.25, 0.3) is 5.91 Å². The van der Waals surface area contributed by atoms with Gasteiger partial charge >= 0.3 is 0 Å².